The highest BCUT2D eigenvalue weighted by atomic mass is 35.5. The first-order valence-electron chi connectivity index (χ1n) is 12.0. The quantitative estimate of drug-likeness (QED) is 0.419. The first kappa shape index (κ1) is 26.8. The lowest BCUT2D eigenvalue weighted by atomic mass is 9.81. The second-order valence-electron chi connectivity index (χ2n) is 9.28. The van der Waals surface area contributed by atoms with Gasteiger partial charge in [-0.25, -0.2) is 8.78 Å². The van der Waals surface area contributed by atoms with Crippen LogP contribution in [0.5, 0.6) is 5.75 Å². The average Bonchev–Trinajstić information content (AvgIpc) is 2.86. The number of methoxy groups -OCH3 is 1. The number of pyridine rings is 1. The van der Waals surface area contributed by atoms with Gasteiger partial charge in [-0.15, -0.1) is 0 Å². The molecule has 6 nitrogen and oxygen atoms in total. The van der Waals surface area contributed by atoms with Gasteiger partial charge in [-0.1, -0.05) is 23.4 Å². The number of piperidine rings is 1. The second kappa shape index (κ2) is 11.9. The second-order valence-corrected chi connectivity index (χ2v) is 9.68. The third-order valence-electron chi connectivity index (χ3n) is 6.84. The summed E-state index contributed by atoms with van der Waals surface area (Å²) in [7, 11) is 1.59. The molecule has 0 aliphatic carbocycles. The van der Waals surface area contributed by atoms with E-state index in [2.05, 4.69) is 16.8 Å². The summed E-state index contributed by atoms with van der Waals surface area (Å²) in [4.78, 5) is 18.4. The summed E-state index contributed by atoms with van der Waals surface area (Å²) >= 11 is 6.48. The van der Waals surface area contributed by atoms with Crippen molar-refractivity contribution in [2.75, 3.05) is 26.7 Å². The van der Waals surface area contributed by atoms with Crippen LogP contribution in [0.2, 0.25) is 5.02 Å². The lowest BCUT2D eigenvalue weighted by Crippen LogP contribution is -2.44. The normalized spacial score (nSPS) is 18.7. The van der Waals surface area contributed by atoms with Gasteiger partial charge in [0.25, 0.3) is 0 Å². The van der Waals surface area contributed by atoms with Crippen molar-refractivity contribution in [2.45, 2.75) is 25.3 Å². The topological polar surface area (TPSA) is 88.7 Å². The summed E-state index contributed by atoms with van der Waals surface area (Å²) < 4.78 is 32.1. The molecule has 0 radical (unpaired) electrons. The van der Waals surface area contributed by atoms with E-state index in [0.29, 0.717) is 49.7 Å². The Kier molecular flexibility index (Phi) is 8.59. The number of carbonyl (C=O) groups is 1. The minimum Gasteiger partial charge on any atom is -0.497 e. The fourth-order valence-electron chi connectivity index (χ4n) is 4.93. The number of aliphatic carboxylic acids is 1. The molecule has 37 heavy (non-hydrogen) atoms. The molecule has 4 rings (SSSR count). The first-order valence-corrected chi connectivity index (χ1v) is 12.4. The largest absolute Gasteiger partial charge is 0.497 e. The number of carboxylic acids is 1. The van der Waals surface area contributed by atoms with E-state index in [-0.39, 0.29) is 11.5 Å². The van der Waals surface area contributed by atoms with Gasteiger partial charge in [-0.05, 0) is 67.6 Å². The van der Waals surface area contributed by atoms with Crippen LogP contribution in [0.25, 0.3) is 10.9 Å². The van der Waals surface area contributed by atoms with Crippen molar-refractivity contribution in [3.63, 3.8) is 0 Å². The van der Waals surface area contributed by atoms with Crippen molar-refractivity contribution < 1.29 is 23.4 Å². The van der Waals surface area contributed by atoms with Crippen molar-refractivity contribution in [3.8, 4) is 17.6 Å². The van der Waals surface area contributed by atoms with Crippen LogP contribution in [0.3, 0.4) is 0 Å². The highest BCUT2D eigenvalue weighted by Crippen LogP contribution is 2.35. The number of fused-ring (bicyclic) bond motifs is 1. The van der Waals surface area contributed by atoms with Crippen LogP contribution >= 0.6 is 11.6 Å². The molecule has 3 aromatic rings. The van der Waals surface area contributed by atoms with E-state index in [4.69, 9.17) is 22.1 Å². The molecular weight excluding hydrogens is 500 g/mol. The lowest BCUT2D eigenvalue weighted by Gasteiger charge is -2.36. The summed E-state index contributed by atoms with van der Waals surface area (Å²) in [6, 6.07) is 8.27. The van der Waals surface area contributed by atoms with Gasteiger partial charge in [-0.2, -0.15) is 0 Å². The van der Waals surface area contributed by atoms with Crippen LogP contribution in [-0.2, 0) is 4.79 Å². The van der Waals surface area contributed by atoms with Crippen molar-refractivity contribution >= 4 is 28.5 Å². The van der Waals surface area contributed by atoms with Gasteiger partial charge in [-0.3, -0.25) is 14.7 Å². The molecule has 1 fully saturated rings. The van der Waals surface area contributed by atoms with Gasteiger partial charge in [0.1, 0.15) is 17.4 Å². The number of nitrogens with two attached hydrogens (primary N) is 1. The van der Waals surface area contributed by atoms with Crippen LogP contribution in [0.4, 0.5) is 8.78 Å². The zero-order valence-corrected chi connectivity index (χ0v) is 21.1. The van der Waals surface area contributed by atoms with Gasteiger partial charge in [0.05, 0.1) is 30.1 Å². The molecule has 0 saturated carbocycles. The Bertz CT molecular complexity index is 1340. The molecule has 2 aromatic carbocycles. The Labute approximate surface area is 219 Å². The number of aromatic nitrogens is 1. The number of carboxylic acid groups (broad SMARTS) is 1. The smallest absolute Gasteiger partial charge is 0.308 e. The zero-order valence-electron chi connectivity index (χ0n) is 20.4. The summed E-state index contributed by atoms with van der Waals surface area (Å²) in [5.41, 5.74) is 8.36. The van der Waals surface area contributed by atoms with Crippen molar-refractivity contribution in [1.82, 2.24) is 9.88 Å². The van der Waals surface area contributed by atoms with E-state index in [0.717, 1.165) is 22.5 Å². The minimum absolute atomic E-state index is 0.0495. The molecular formula is C28H28ClF2N3O3. The fourth-order valence-corrected chi connectivity index (χ4v) is 5.22. The van der Waals surface area contributed by atoms with Crippen molar-refractivity contribution in [3.05, 3.63) is 70.4 Å². The van der Waals surface area contributed by atoms with Gasteiger partial charge in [0.15, 0.2) is 0 Å². The Morgan fingerprint density at radius 2 is 2.05 bits per heavy atom. The molecule has 1 aliphatic rings. The molecule has 3 N–H and O–H groups in total. The zero-order chi connectivity index (χ0) is 26.5. The predicted molar refractivity (Wildman–Crippen MR) is 138 cm³/mol. The number of halogens is 3. The molecule has 9 heteroatoms. The maximum Gasteiger partial charge on any atom is 0.308 e. The number of ether oxygens (including phenoxy) is 1. The third kappa shape index (κ3) is 6.55. The Balaban J connectivity index is 1.41. The summed E-state index contributed by atoms with van der Waals surface area (Å²) in [5.74, 6) is 3.48. The Morgan fingerprint density at radius 3 is 2.76 bits per heavy atom. The van der Waals surface area contributed by atoms with Crippen LogP contribution in [0, 0.1) is 35.3 Å². The van der Waals surface area contributed by atoms with E-state index in [1.807, 2.05) is 23.1 Å². The number of hydrogen-bond acceptors (Lipinski definition) is 5. The monoisotopic (exact) mass is 527 g/mol. The molecule has 1 aliphatic heterocycles. The van der Waals surface area contributed by atoms with Gasteiger partial charge in [0.2, 0.25) is 0 Å². The molecule has 1 aromatic heterocycles. The number of rotatable bonds is 7. The molecule has 0 amide bonds. The SMILES string of the molecule is COc1ccc2ncc(Cl)c([C@@H](N)CC[C@H]3CCN(CC#Cc4cc(F)cc(F)c4)C[C@H]3C(=O)O)c2c1. The van der Waals surface area contributed by atoms with Crippen LogP contribution in [-0.4, -0.2) is 47.7 Å². The molecule has 3 atom stereocenters. The average molecular weight is 528 g/mol. The summed E-state index contributed by atoms with van der Waals surface area (Å²) in [5, 5.41) is 11.2. The molecule has 2 heterocycles. The number of benzene rings is 2. The molecule has 194 valence electrons. The molecule has 0 spiro atoms. The van der Waals surface area contributed by atoms with Gasteiger partial charge >= 0.3 is 5.97 Å². The van der Waals surface area contributed by atoms with Gasteiger partial charge in [0, 0.05) is 35.8 Å². The molecule has 0 bridgehead atoms. The maximum absolute atomic E-state index is 13.4. The number of hydrogen-bond donors (Lipinski definition) is 2. The van der Waals surface area contributed by atoms with Gasteiger partial charge < -0.3 is 15.6 Å². The Hall–Kier alpha value is -3.25. The highest BCUT2D eigenvalue weighted by molar-refractivity contribution is 6.32. The summed E-state index contributed by atoms with van der Waals surface area (Å²) in [6.07, 6.45) is 3.46. The fraction of sp³-hybridized carbons (Fsp3) is 0.357. The van der Waals surface area contributed by atoms with E-state index in [1.165, 1.54) is 12.1 Å². The number of nitrogens with zero attached hydrogens (tertiary/aromatic N) is 2. The predicted octanol–water partition coefficient (Wildman–Crippen LogP) is 5.03. The van der Waals surface area contributed by atoms with Crippen LogP contribution in [0.15, 0.2) is 42.6 Å². The summed E-state index contributed by atoms with van der Waals surface area (Å²) in [6.45, 7) is 1.33. The molecule has 0 unspecified atom stereocenters. The van der Waals surface area contributed by atoms with E-state index in [9.17, 15) is 18.7 Å². The van der Waals surface area contributed by atoms with E-state index in [1.54, 1.807) is 13.3 Å². The van der Waals surface area contributed by atoms with Crippen LogP contribution in [0.1, 0.15) is 36.4 Å². The van der Waals surface area contributed by atoms with Crippen LogP contribution < -0.4 is 10.5 Å². The maximum atomic E-state index is 13.4. The number of likely N-dealkylation sites (tertiary alicyclic amines) is 1. The third-order valence-corrected chi connectivity index (χ3v) is 7.14. The minimum atomic E-state index is -0.861. The lowest BCUT2D eigenvalue weighted by molar-refractivity contribution is -0.146. The van der Waals surface area contributed by atoms with E-state index >= 15 is 0 Å². The standard InChI is InChI=1S/C28H28ClF2N3O3/c1-37-21-5-7-26-22(14-21)27(24(29)15-33-26)25(32)6-4-18-8-10-34(16-23(18)28(35)36)9-2-3-17-11-19(30)13-20(31)12-17/h5,7,11-15,18,23,25H,4,6,8-10,16,32H2,1H3,(H,35,36)/t18-,23+,25-/m0/s1. The molecule has 1 saturated heterocycles. The van der Waals surface area contributed by atoms with Crippen molar-refractivity contribution in [1.29, 1.82) is 0 Å². The highest BCUT2D eigenvalue weighted by Gasteiger charge is 2.34. The van der Waals surface area contributed by atoms with E-state index < -0.39 is 29.6 Å². The Morgan fingerprint density at radius 1 is 1.30 bits per heavy atom. The first-order chi connectivity index (χ1) is 17.7. The van der Waals surface area contributed by atoms with Crippen molar-refractivity contribution in [2.24, 2.45) is 17.6 Å².